The number of aromatic nitrogens is 1. The molecule has 0 aliphatic heterocycles. The number of thiocarbonyl (C=S) groups is 1. The minimum Gasteiger partial charge on any atom is -0.359 e. The first-order chi connectivity index (χ1) is 7.56. The lowest BCUT2D eigenvalue weighted by Gasteiger charge is -2.11. The fourth-order valence-corrected chi connectivity index (χ4v) is 1.75. The van der Waals surface area contributed by atoms with Crippen LogP contribution in [0.1, 0.15) is 5.56 Å². The first-order valence-electron chi connectivity index (χ1n) is 4.52. The van der Waals surface area contributed by atoms with E-state index in [2.05, 4.69) is 38.1 Å². The van der Waals surface area contributed by atoms with E-state index >= 15 is 0 Å². The van der Waals surface area contributed by atoms with Gasteiger partial charge >= 0.3 is 0 Å². The molecule has 0 aromatic carbocycles. The van der Waals surface area contributed by atoms with Gasteiger partial charge in [-0.2, -0.15) is 0 Å². The number of nitrogens with one attached hydrogen (secondary N) is 2. The number of halogens is 2. The average molecular weight is 321 g/mol. The van der Waals surface area contributed by atoms with Crippen molar-refractivity contribution >= 4 is 50.7 Å². The Morgan fingerprint density at radius 2 is 2.44 bits per heavy atom. The highest BCUT2D eigenvalue weighted by molar-refractivity contribution is 9.10. The van der Waals surface area contributed by atoms with Gasteiger partial charge < -0.3 is 10.6 Å². The van der Waals surface area contributed by atoms with Crippen molar-refractivity contribution < 1.29 is 0 Å². The molecule has 0 radical (unpaired) electrons. The predicted molar refractivity (Wildman–Crippen MR) is 76.1 cm³/mol. The van der Waals surface area contributed by atoms with Crippen molar-refractivity contribution in [1.29, 1.82) is 0 Å². The van der Waals surface area contributed by atoms with Crippen molar-refractivity contribution in [3.05, 3.63) is 33.9 Å². The lowest BCUT2D eigenvalue weighted by Crippen LogP contribution is -2.28. The van der Waals surface area contributed by atoms with Crippen molar-refractivity contribution in [3.8, 4) is 0 Å². The molecule has 0 spiro atoms. The third-order valence-corrected chi connectivity index (χ3v) is 3.35. The minimum absolute atomic E-state index is 0.469. The van der Waals surface area contributed by atoms with E-state index in [1.165, 1.54) is 0 Å². The Hall–Kier alpha value is -0.650. The molecular formula is C10H11BrClN3S. The standard InChI is InChI=1S/C10H11BrClN3S/c1-3-4-13-10(16)15-9-8(12)6(2)7(11)5-14-9/h3,5H,1,4H2,2H3,(H2,13,14,15,16). The van der Waals surface area contributed by atoms with E-state index in [0.717, 1.165) is 10.0 Å². The van der Waals surface area contributed by atoms with Crippen LogP contribution in [0.3, 0.4) is 0 Å². The van der Waals surface area contributed by atoms with E-state index in [1.807, 2.05) is 6.92 Å². The molecule has 0 fully saturated rings. The molecule has 1 heterocycles. The second-order valence-electron chi connectivity index (χ2n) is 3.02. The second kappa shape index (κ2) is 6.18. The Kier molecular flexibility index (Phi) is 5.18. The molecule has 16 heavy (non-hydrogen) atoms. The molecular weight excluding hydrogens is 310 g/mol. The zero-order chi connectivity index (χ0) is 12.1. The Balaban J connectivity index is 2.78. The molecule has 2 N–H and O–H groups in total. The van der Waals surface area contributed by atoms with Crippen molar-refractivity contribution in [3.63, 3.8) is 0 Å². The van der Waals surface area contributed by atoms with E-state index in [1.54, 1.807) is 12.3 Å². The summed E-state index contributed by atoms with van der Waals surface area (Å²) in [6.45, 7) is 6.08. The van der Waals surface area contributed by atoms with Gasteiger partial charge in [0.1, 0.15) is 0 Å². The molecule has 3 nitrogen and oxygen atoms in total. The van der Waals surface area contributed by atoms with Crippen LogP contribution in [0.2, 0.25) is 5.02 Å². The number of anilines is 1. The Morgan fingerprint density at radius 1 is 1.75 bits per heavy atom. The molecule has 0 saturated carbocycles. The predicted octanol–water partition coefficient (Wildman–Crippen LogP) is 3.28. The van der Waals surface area contributed by atoms with Crippen LogP contribution in [0.15, 0.2) is 23.3 Å². The maximum absolute atomic E-state index is 6.11. The average Bonchev–Trinajstić information content (AvgIpc) is 2.27. The van der Waals surface area contributed by atoms with Crippen LogP contribution in [0.4, 0.5) is 5.82 Å². The highest BCUT2D eigenvalue weighted by Gasteiger charge is 2.08. The maximum atomic E-state index is 6.11. The molecule has 1 aromatic heterocycles. The number of rotatable bonds is 3. The molecule has 1 aromatic rings. The van der Waals surface area contributed by atoms with Crippen LogP contribution in [0.5, 0.6) is 0 Å². The molecule has 0 aliphatic carbocycles. The van der Waals surface area contributed by atoms with E-state index in [9.17, 15) is 0 Å². The van der Waals surface area contributed by atoms with Gasteiger partial charge in [-0.05, 0) is 40.6 Å². The Morgan fingerprint density at radius 3 is 3.06 bits per heavy atom. The lowest BCUT2D eigenvalue weighted by molar-refractivity contribution is 1.06. The largest absolute Gasteiger partial charge is 0.359 e. The molecule has 0 saturated heterocycles. The van der Waals surface area contributed by atoms with E-state index in [4.69, 9.17) is 23.8 Å². The van der Waals surface area contributed by atoms with Gasteiger partial charge in [-0.1, -0.05) is 17.7 Å². The van der Waals surface area contributed by atoms with E-state index in [-0.39, 0.29) is 0 Å². The van der Waals surface area contributed by atoms with Crippen LogP contribution in [0, 0.1) is 6.92 Å². The van der Waals surface area contributed by atoms with E-state index < -0.39 is 0 Å². The van der Waals surface area contributed by atoms with Crippen LogP contribution >= 0.6 is 39.7 Å². The summed E-state index contributed by atoms with van der Waals surface area (Å²) in [6.07, 6.45) is 3.40. The van der Waals surface area contributed by atoms with Crippen molar-refractivity contribution in [1.82, 2.24) is 10.3 Å². The van der Waals surface area contributed by atoms with E-state index in [0.29, 0.717) is 22.5 Å². The van der Waals surface area contributed by atoms with Crippen LogP contribution in [-0.4, -0.2) is 16.6 Å². The van der Waals surface area contributed by atoms with Gasteiger partial charge in [0.05, 0.1) is 5.02 Å². The first-order valence-corrected chi connectivity index (χ1v) is 6.10. The monoisotopic (exact) mass is 319 g/mol. The summed E-state index contributed by atoms with van der Waals surface area (Å²) < 4.78 is 0.869. The molecule has 86 valence electrons. The first kappa shape index (κ1) is 13.4. The third kappa shape index (κ3) is 3.43. The maximum Gasteiger partial charge on any atom is 0.172 e. The third-order valence-electron chi connectivity index (χ3n) is 1.84. The molecule has 0 atom stereocenters. The van der Waals surface area contributed by atoms with Gasteiger partial charge in [0.15, 0.2) is 10.9 Å². The molecule has 0 bridgehead atoms. The van der Waals surface area contributed by atoms with Gasteiger partial charge in [-0.3, -0.25) is 0 Å². The van der Waals surface area contributed by atoms with Gasteiger partial charge in [-0.15, -0.1) is 6.58 Å². The topological polar surface area (TPSA) is 37.0 Å². The Bertz CT molecular complexity index is 423. The summed E-state index contributed by atoms with van der Waals surface area (Å²) in [5.41, 5.74) is 0.922. The number of pyridine rings is 1. The highest BCUT2D eigenvalue weighted by Crippen LogP contribution is 2.28. The fraction of sp³-hybridized carbons (Fsp3) is 0.200. The second-order valence-corrected chi connectivity index (χ2v) is 4.66. The van der Waals surface area contributed by atoms with Gasteiger partial charge in [0.2, 0.25) is 0 Å². The Labute approximate surface area is 113 Å². The molecule has 0 aliphatic rings. The molecule has 1 rings (SSSR count). The SMILES string of the molecule is C=CCNC(=S)Nc1ncc(Br)c(C)c1Cl. The van der Waals surface area contributed by atoms with Crippen LogP contribution in [-0.2, 0) is 0 Å². The normalized spacial score (nSPS) is 9.69. The summed E-state index contributed by atoms with van der Waals surface area (Å²) in [6, 6.07) is 0. The lowest BCUT2D eigenvalue weighted by atomic mass is 10.3. The quantitative estimate of drug-likeness (QED) is 0.662. The van der Waals surface area contributed by atoms with Gasteiger partial charge in [0.25, 0.3) is 0 Å². The van der Waals surface area contributed by atoms with Crippen molar-refractivity contribution in [2.45, 2.75) is 6.92 Å². The van der Waals surface area contributed by atoms with Crippen molar-refractivity contribution in [2.24, 2.45) is 0 Å². The van der Waals surface area contributed by atoms with Crippen molar-refractivity contribution in [2.75, 3.05) is 11.9 Å². The number of hydrogen-bond donors (Lipinski definition) is 2. The summed E-state index contributed by atoms with van der Waals surface area (Å²) in [4.78, 5) is 4.14. The summed E-state index contributed by atoms with van der Waals surface area (Å²) in [5, 5.41) is 6.88. The fourth-order valence-electron chi connectivity index (χ4n) is 0.961. The van der Waals surface area contributed by atoms with Crippen LogP contribution in [0.25, 0.3) is 0 Å². The molecule has 0 unspecified atom stereocenters. The minimum atomic E-state index is 0.469. The summed E-state index contributed by atoms with van der Waals surface area (Å²) in [5.74, 6) is 0.545. The molecule has 6 heteroatoms. The number of nitrogens with zero attached hydrogens (tertiary/aromatic N) is 1. The van der Waals surface area contributed by atoms with Crippen LogP contribution < -0.4 is 10.6 Å². The highest BCUT2D eigenvalue weighted by atomic mass is 79.9. The molecule has 0 amide bonds. The zero-order valence-corrected chi connectivity index (χ0v) is 11.8. The zero-order valence-electron chi connectivity index (χ0n) is 8.68. The van der Waals surface area contributed by atoms with Gasteiger partial charge in [-0.25, -0.2) is 4.98 Å². The van der Waals surface area contributed by atoms with Gasteiger partial charge in [0, 0.05) is 17.2 Å². The number of hydrogen-bond acceptors (Lipinski definition) is 2. The smallest absolute Gasteiger partial charge is 0.172 e. The summed E-state index contributed by atoms with van der Waals surface area (Å²) in [7, 11) is 0. The summed E-state index contributed by atoms with van der Waals surface area (Å²) >= 11 is 14.5.